The first kappa shape index (κ1) is 15.5. The van der Waals surface area contributed by atoms with E-state index in [0.29, 0.717) is 26.1 Å². The summed E-state index contributed by atoms with van der Waals surface area (Å²) in [6.45, 7) is 3.88. The van der Waals surface area contributed by atoms with Crippen molar-refractivity contribution in [3.05, 3.63) is 18.0 Å². The van der Waals surface area contributed by atoms with Gasteiger partial charge >= 0.3 is 0 Å². The molecule has 2 rings (SSSR count). The predicted molar refractivity (Wildman–Crippen MR) is 78.6 cm³/mol. The molecule has 2 heterocycles. The van der Waals surface area contributed by atoms with E-state index in [1.807, 2.05) is 20.0 Å². The van der Waals surface area contributed by atoms with Crippen molar-refractivity contribution in [1.82, 2.24) is 25.3 Å². The molecule has 1 aliphatic heterocycles. The van der Waals surface area contributed by atoms with Crippen LogP contribution in [-0.2, 0) is 16.1 Å². The van der Waals surface area contributed by atoms with Crippen LogP contribution < -0.4 is 10.6 Å². The summed E-state index contributed by atoms with van der Waals surface area (Å²) < 4.78 is 1.80. The Hall–Kier alpha value is -1.89. The Balaban J connectivity index is 1.86. The van der Waals surface area contributed by atoms with E-state index in [2.05, 4.69) is 20.6 Å². The highest BCUT2D eigenvalue weighted by Gasteiger charge is 2.36. The van der Waals surface area contributed by atoms with Crippen molar-refractivity contribution in [2.75, 3.05) is 27.2 Å². The first-order valence-corrected chi connectivity index (χ1v) is 7.19. The molecule has 0 aromatic carbocycles. The van der Waals surface area contributed by atoms with E-state index in [-0.39, 0.29) is 23.8 Å². The first-order chi connectivity index (χ1) is 10.0. The fourth-order valence-electron chi connectivity index (χ4n) is 2.72. The normalized spacial score (nSPS) is 22.2. The number of carbonyl (C=O) groups is 2. The summed E-state index contributed by atoms with van der Waals surface area (Å²) in [5, 5.41) is 9.79. The summed E-state index contributed by atoms with van der Waals surface area (Å²) in [5.74, 6) is -0.248. The summed E-state index contributed by atoms with van der Waals surface area (Å²) in [4.78, 5) is 26.0. The Kier molecular flexibility index (Phi) is 4.95. The quantitative estimate of drug-likeness (QED) is 0.758. The van der Waals surface area contributed by atoms with E-state index in [0.717, 1.165) is 5.69 Å². The summed E-state index contributed by atoms with van der Waals surface area (Å²) in [6.07, 6.45) is 2.09. The van der Waals surface area contributed by atoms with Crippen molar-refractivity contribution in [3.63, 3.8) is 0 Å². The minimum Gasteiger partial charge on any atom is -0.359 e. The molecule has 0 saturated carbocycles. The van der Waals surface area contributed by atoms with Gasteiger partial charge in [0, 0.05) is 45.0 Å². The molecule has 0 aliphatic carbocycles. The van der Waals surface area contributed by atoms with Gasteiger partial charge in [-0.3, -0.25) is 14.3 Å². The average molecular weight is 293 g/mol. The monoisotopic (exact) mass is 293 g/mol. The number of aromatic nitrogens is 2. The number of likely N-dealkylation sites (N-methyl/N-ethyl adjacent to an activating group) is 1. The molecular weight excluding hydrogens is 270 g/mol. The van der Waals surface area contributed by atoms with Crippen LogP contribution in [-0.4, -0.2) is 59.7 Å². The number of amides is 2. The Morgan fingerprint density at radius 2 is 2.19 bits per heavy atom. The van der Waals surface area contributed by atoms with Crippen LogP contribution in [0.1, 0.15) is 12.1 Å². The number of hydrogen-bond donors (Lipinski definition) is 2. The molecule has 116 valence electrons. The van der Waals surface area contributed by atoms with Crippen LogP contribution in [0.5, 0.6) is 0 Å². The van der Waals surface area contributed by atoms with Crippen molar-refractivity contribution in [3.8, 4) is 0 Å². The molecule has 0 unspecified atom stereocenters. The lowest BCUT2D eigenvalue weighted by Gasteiger charge is -2.18. The Morgan fingerprint density at radius 3 is 2.81 bits per heavy atom. The number of rotatable bonds is 5. The highest BCUT2D eigenvalue weighted by Crippen LogP contribution is 2.15. The second-order valence-electron chi connectivity index (χ2n) is 5.56. The molecule has 1 aromatic heterocycles. The lowest BCUT2D eigenvalue weighted by molar-refractivity contribution is -0.126. The summed E-state index contributed by atoms with van der Waals surface area (Å²) >= 11 is 0. The highest BCUT2D eigenvalue weighted by molar-refractivity contribution is 5.82. The van der Waals surface area contributed by atoms with Gasteiger partial charge in [0.15, 0.2) is 0 Å². The van der Waals surface area contributed by atoms with E-state index in [1.165, 1.54) is 0 Å². The maximum atomic E-state index is 12.1. The number of carbonyl (C=O) groups excluding carboxylic acids is 2. The molecule has 2 amide bonds. The number of likely N-dealkylation sites (tertiary alicyclic amines) is 1. The Labute approximate surface area is 124 Å². The zero-order chi connectivity index (χ0) is 15.4. The van der Waals surface area contributed by atoms with Gasteiger partial charge in [-0.05, 0) is 20.0 Å². The van der Waals surface area contributed by atoms with E-state index in [1.54, 1.807) is 17.9 Å². The van der Waals surface area contributed by atoms with Gasteiger partial charge in [0.1, 0.15) is 0 Å². The third kappa shape index (κ3) is 3.81. The number of aryl methyl sites for hydroxylation is 2. The largest absolute Gasteiger partial charge is 0.359 e. The van der Waals surface area contributed by atoms with Crippen LogP contribution >= 0.6 is 0 Å². The maximum Gasteiger partial charge on any atom is 0.226 e. The summed E-state index contributed by atoms with van der Waals surface area (Å²) in [6, 6.07) is 1.78. The minimum absolute atomic E-state index is 0.0208. The molecule has 1 saturated heterocycles. The molecule has 0 bridgehead atoms. The number of nitrogens with one attached hydrogen (secondary N) is 2. The number of hydrogen-bond acceptors (Lipinski definition) is 4. The zero-order valence-corrected chi connectivity index (χ0v) is 12.8. The van der Waals surface area contributed by atoms with Crippen molar-refractivity contribution >= 4 is 11.8 Å². The standard InChI is InChI=1S/C14H23N5O2/c1-10-4-6-16-19(10)7-5-13(20)17-12-9-18(3)8-11(12)14(21)15-2/h4,6,11-12H,5,7-9H2,1-3H3,(H,15,21)(H,17,20)/t11-,12+/m1/s1. The number of nitrogens with zero attached hydrogens (tertiary/aromatic N) is 3. The van der Waals surface area contributed by atoms with E-state index in [9.17, 15) is 9.59 Å². The predicted octanol–water partition coefficient (Wildman–Crippen LogP) is -0.626. The van der Waals surface area contributed by atoms with Crippen LogP contribution in [0.15, 0.2) is 12.3 Å². The van der Waals surface area contributed by atoms with Crippen molar-refractivity contribution < 1.29 is 9.59 Å². The van der Waals surface area contributed by atoms with Gasteiger partial charge in [-0.15, -0.1) is 0 Å². The fourth-order valence-corrected chi connectivity index (χ4v) is 2.72. The molecular formula is C14H23N5O2. The van der Waals surface area contributed by atoms with Crippen LogP contribution in [0.25, 0.3) is 0 Å². The third-order valence-electron chi connectivity index (χ3n) is 3.91. The highest BCUT2D eigenvalue weighted by atomic mass is 16.2. The lowest BCUT2D eigenvalue weighted by Crippen LogP contribution is -2.45. The van der Waals surface area contributed by atoms with Crippen molar-refractivity contribution in [2.45, 2.75) is 25.9 Å². The second-order valence-corrected chi connectivity index (χ2v) is 5.56. The van der Waals surface area contributed by atoms with Crippen LogP contribution in [0.2, 0.25) is 0 Å². The summed E-state index contributed by atoms with van der Waals surface area (Å²) in [5.41, 5.74) is 1.03. The van der Waals surface area contributed by atoms with E-state index in [4.69, 9.17) is 0 Å². The fraction of sp³-hybridized carbons (Fsp3) is 0.643. The molecule has 7 heteroatoms. The van der Waals surface area contributed by atoms with Gasteiger partial charge in [-0.1, -0.05) is 0 Å². The van der Waals surface area contributed by atoms with Gasteiger partial charge < -0.3 is 15.5 Å². The van der Waals surface area contributed by atoms with Gasteiger partial charge in [0.2, 0.25) is 11.8 Å². The molecule has 0 spiro atoms. The lowest BCUT2D eigenvalue weighted by atomic mass is 10.0. The minimum atomic E-state index is -0.185. The Morgan fingerprint density at radius 1 is 1.43 bits per heavy atom. The van der Waals surface area contributed by atoms with Crippen LogP contribution in [0, 0.1) is 12.8 Å². The van der Waals surface area contributed by atoms with Crippen molar-refractivity contribution in [1.29, 1.82) is 0 Å². The second kappa shape index (κ2) is 6.71. The molecule has 2 atom stereocenters. The van der Waals surface area contributed by atoms with Crippen LogP contribution in [0.3, 0.4) is 0 Å². The molecule has 1 fully saturated rings. The van der Waals surface area contributed by atoms with Gasteiger partial charge in [0.25, 0.3) is 0 Å². The average Bonchev–Trinajstić information content (AvgIpc) is 3.01. The van der Waals surface area contributed by atoms with Gasteiger partial charge in [-0.25, -0.2) is 0 Å². The Bertz CT molecular complexity index is 513. The van der Waals surface area contributed by atoms with E-state index >= 15 is 0 Å². The molecule has 2 N–H and O–H groups in total. The summed E-state index contributed by atoms with van der Waals surface area (Å²) in [7, 11) is 3.58. The smallest absolute Gasteiger partial charge is 0.226 e. The zero-order valence-electron chi connectivity index (χ0n) is 12.8. The van der Waals surface area contributed by atoms with E-state index < -0.39 is 0 Å². The van der Waals surface area contributed by atoms with Crippen LogP contribution in [0.4, 0.5) is 0 Å². The maximum absolute atomic E-state index is 12.1. The molecule has 0 radical (unpaired) electrons. The first-order valence-electron chi connectivity index (χ1n) is 7.19. The molecule has 1 aromatic rings. The van der Waals surface area contributed by atoms with Crippen molar-refractivity contribution in [2.24, 2.45) is 5.92 Å². The van der Waals surface area contributed by atoms with Gasteiger partial charge in [0.05, 0.1) is 12.0 Å². The molecule has 7 nitrogen and oxygen atoms in total. The topological polar surface area (TPSA) is 79.3 Å². The third-order valence-corrected chi connectivity index (χ3v) is 3.91. The molecule has 21 heavy (non-hydrogen) atoms. The SMILES string of the molecule is CNC(=O)[C@@H]1CN(C)C[C@@H]1NC(=O)CCn1nccc1C. The van der Waals surface area contributed by atoms with Gasteiger partial charge in [-0.2, -0.15) is 5.10 Å². The molecule has 1 aliphatic rings.